The van der Waals surface area contributed by atoms with Crippen LogP contribution in [0.1, 0.15) is 42.8 Å². The van der Waals surface area contributed by atoms with Crippen LogP contribution >= 0.6 is 0 Å². The highest BCUT2D eigenvalue weighted by Gasteiger charge is 2.22. The number of aliphatic imine (C=N–C) groups is 1. The predicted molar refractivity (Wildman–Crippen MR) is 116 cm³/mol. The van der Waals surface area contributed by atoms with Gasteiger partial charge in [0, 0.05) is 18.9 Å². The maximum Gasteiger partial charge on any atom is 0.191 e. The Kier molecular flexibility index (Phi) is 5.88. The predicted octanol–water partition coefficient (Wildman–Crippen LogP) is 4.00. The van der Waals surface area contributed by atoms with Crippen LogP contribution in [0.15, 0.2) is 47.6 Å². The minimum atomic E-state index is -0.329. The summed E-state index contributed by atoms with van der Waals surface area (Å²) in [6.07, 6.45) is 4.38. The van der Waals surface area contributed by atoms with Gasteiger partial charge in [-0.3, -0.25) is 4.99 Å². The van der Waals surface area contributed by atoms with E-state index in [0.29, 0.717) is 30.8 Å². The van der Waals surface area contributed by atoms with Gasteiger partial charge in [-0.1, -0.05) is 12.1 Å². The van der Waals surface area contributed by atoms with E-state index in [1.807, 2.05) is 31.3 Å². The summed E-state index contributed by atoms with van der Waals surface area (Å²) >= 11 is 0. The summed E-state index contributed by atoms with van der Waals surface area (Å²) in [5.74, 6) is 1.22. The number of fused-ring (bicyclic) bond motifs is 1. The molecule has 1 aromatic carbocycles. The molecular weight excluding hydrogens is 381 g/mol. The molecular formula is C23H28FN5O. The Morgan fingerprint density at radius 3 is 2.87 bits per heavy atom. The Morgan fingerprint density at radius 2 is 2.17 bits per heavy atom. The Labute approximate surface area is 176 Å². The van der Waals surface area contributed by atoms with Crippen LogP contribution in [0.5, 0.6) is 5.75 Å². The normalized spacial score (nSPS) is 15.3. The number of ether oxygens (including phenoxy) is 1. The van der Waals surface area contributed by atoms with E-state index >= 15 is 0 Å². The van der Waals surface area contributed by atoms with Gasteiger partial charge in [0.15, 0.2) is 17.5 Å². The van der Waals surface area contributed by atoms with Crippen molar-refractivity contribution in [3.63, 3.8) is 0 Å². The minimum absolute atomic E-state index is 0.119. The van der Waals surface area contributed by atoms with Crippen LogP contribution in [0.4, 0.5) is 4.39 Å². The lowest BCUT2D eigenvalue weighted by Crippen LogP contribution is -2.38. The standard InChI is InChI=1S/C23H28FN5O/c1-15-5-4-6-22-28-19(13-29(15)22)12-26-23(25-3)27-16(2)18-9-10-21(20(24)11-18)30-14-17-7-8-17/h4-6,9-11,13,16-17H,7-8,12,14H2,1-3H3,(H2,25,26,27). The fraction of sp³-hybridized carbons (Fsp3) is 0.391. The molecule has 0 bridgehead atoms. The highest BCUT2D eigenvalue weighted by Crippen LogP contribution is 2.30. The largest absolute Gasteiger partial charge is 0.490 e. The van der Waals surface area contributed by atoms with Crippen molar-refractivity contribution in [2.24, 2.45) is 10.9 Å². The molecule has 4 rings (SSSR count). The van der Waals surface area contributed by atoms with Crippen LogP contribution in [-0.4, -0.2) is 29.0 Å². The molecule has 7 heteroatoms. The first-order chi connectivity index (χ1) is 14.5. The third-order valence-electron chi connectivity index (χ3n) is 5.39. The number of benzene rings is 1. The minimum Gasteiger partial charge on any atom is -0.490 e. The van der Waals surface area contributed by atoms with E-state index in [2.05, 4.69) is 38.0 Å². The van der Waals surface area contributed by atoms with Gasteiger partial charge in [0.1, 0.15) is 5.65 Å². The molecule has 30 heavy (non-hydrogen) atoms. The second kappa shape index (κ2) is 8.73. The zero-order chi connectivity index (χ0) is 21.1. The molecule has 1 atom stereocenters. The van der Waals surface area contributed by atoms with Crippen molar-refractivity contribution >= 4 is 11.6 Å². The molecule has 0 saturated heterocycles. The number of aryl methyl sites for hydroxylation is 1. The van der Waals surface area contributed by atoms with Crippen molar-refractivity contribution in [3.8, 4) is 5.75 Å². The summed E-state index contributed by atoms with van der Waals surface area (Å²) in [5.41, 5.74) is 3.80. The van der Waals surface area contributed by atoms with Gasteiger partial charge in [-0.2, -0.15) is 0 Å². The van der Waals surface area contributed by atoms with Crippen LogP contribution in [0.3, 0.4) is 0 Å². The average Bonchev–Trinajstić information content (AvgIpc) is 3.47. The number of hydrogen-bond donors (Lipinski definition) is 2. The molecule has 1 aliphatic carbocycles. The molecule has 3 aromatic rings. The smallest absolute Gasteiger partial charge is 0.191 e. The molecule has 0 amide bonds. The summed E-state index contributed by atoms with van der Waals surface area (Å²) in [6, 6.07) is 11.0. The third kappa shape index (κ3) is 4.72. The SMILES string of the molecule is CN=C(NCc1cn2c(C)cccc2n1)NC(C)c1ccc(OCC2CC2)c(F)c1. The molecule has 158 valence electrons. The number of nitrogens with zero attached hydrogens (tertiary/aromatic N) is 3. The maximum atomic E-state index is 14.4. The molecule has 2 heterocycles. The maximum absolute atomic E-state index is 14.4. The lowest BCUT2D eigenvalue weighted by Gasteiger charge is -2.18. The summed E-state index contributed by atoms with van der Waals surface area (Å²) in [4.78, 5) is 8.90. The molecule has 0 aliphatic heterocycles. The molecule has 0 spiro atoms. The molecule has 2 N–H and O–H groups in total. The Bertz CT molecular complexity index is 1060. The van der Waals surface area contributed by atoms with Crippen molar-refractivity contribution < 1.29 is 9.13 Å². The monoisotopic (exact) mass is 409 g/mol. The van der Waals surface area contributed by atoms with Crippen LogP contribution in [0, 0.1) is 18.7 Å². The van der Waals surface area contributed by atoms with Crippen LogP contribution in [0.25, 0.3) is 5.65 Å². The average molecular weight is 410 g/mol. The van der Waals surface area contributed by atoms with Gasteiger partial charge in [0.25, 0.3) is 0 Å². The van der Waals surface area contributed by atoms with Gasteiger partial charge in [-0.05, 0) is 62.4 Å². The number of aromatic nitrogens is 2. The number of rotatable bonds is 7. The van der Waals surface area contributed by atoms with Crippen LogP contribution in [-0.2, 0) is 6.54 Å². The Balaban J connectivity index is 1.35. The quantitative estimate of drug-likeness (QED) is 0.457. The van der Waals surface area contributed by atoms with Crippen molar-refractivity contribution in [2.75, 3.05) is 13.7 Å². The number of halogens is 1. The van der Waals surface area contributed by atoms with Crippen molar-refractivity contribution in [1.29, 1.82) is 0 Å². The van der Waals surface area contributed by atoms with E-state index < -0.39 is 0 Å². The lowest BCUT2D eigenvalue weighted by molar-refractivity contribution is 0.285. The van der Waals surface area contributed by atoms with E-state index in [0.717, 1.165) is 22.6 Å². The van der Waals surface area contributed by atoms with Crippen molar-refractivity contribution in [1.82, 2.24) is 20.0 Å². The second-order valence-electron chi connectivity index (χ2n) is 7.86. The van der Waals surface area contributed by atoms with Crippen molar-refractivity contribution in [3.05, 3.63) is 65.4 Å². The Morgan fingerprint density at radius 1 is 1.33 bits per heavy atom. The number of guanidine groups is 1. The van der Waals surface area contributed by atoms with Gasteiger partial charge >= 0.3 is 0 Å². The first-order valence-electron chi connectivity index (χ1n) is 10.4. The highest BCUT2D eigenvalue weighted by atomic mass is 19.1. The molecule has 1 unspecified atom stereocenters. The summed E-state index contributed by atoms with van der Waals surface area (Å²) < 4.78 is 22.0. The number of nitrogens with one attached hydrogen (secondary N) is 2. The fourth-order valence-electron chi connectivity index (χ4n) is 3.34. The summed E-state index contributed by atoms with van der Waals surface area (Å²) in [5, 5.41) is 6.58. The molecule has 1 aliphatic rings. The Hall–Kier alpha value is -3.09. The van der Waals surface area contributed by atoms with E-state index in [1.165, 1.54) is 18.9 Å². The molecule has 0 radical (unpaired) electrons. The van der Waals surface area contributed by atoms with E-state index in [-0.39, 0.29) is 11.9 Å². The van der Waals surface area contributed by atoms with Gasteiger partial charge in [-0.25, -0.2) is 9.37 Å². The van der Waals surface area contributed by atoms with E-state index in [9.17, 15) is 4.39 Å². The van der Waals surface area contributed by atoms with Crippen molar-refractivity contribution in [2.45, 2.75) is 39.3 Å². The number of hydrogen-bond acceptors (Lipinski definition) is 3. The topological polar surface area (TPSA) is 63.0 Å². The lowest BCUT2D eigenvalue weighted by atomic mass is 10.1. The molecule has 1 saturated carbocycles. The van der Waals surface area contributed by atoms with E-state index in [4.69, 9.17) is 4.74 Å². The summed E-state index contributed by atoms with van der Waals surface area (Å²) in [6.45, 7) is 5.16. The first-order valence-corrected chi connectivity index (χ1v) is 10.4. The molecule has 2 aromatic heterocycles. The van der Waals surface area contributed by atoms with Gasteiger partial charge < -0.3 is 19.8 Å². The van der Waals surface area contributed by atoms with Gasteiger partial charge in [-0.15, -0.1) is 0 Å². The zero-order valence-electron chi connectivity index (χ0n) is 17.7. The van der Waals surface area contributed by atoms with Gasteiger partial charge in [0.2, 0.25) is 0 Å². The van der Waals surface area contributed by atoms with Crippen LogP contribution < -0.4 is 15.4 Å². The van der Waals surface area contributed by atoms with E-state index in [1.54, 1.807) is 13.1 Å². The highest BCUT2D eigenvalue weighted by molar-refractivity contribution is 5.80. The molecule has 6 nitrogen and oxygen atoms in total. The number of pyridine rings is 1. The second-order valence-corrected chi connectivity index (χ2v) is 7.86. The zero-order valence-corrected chi connectivity index (χ0v) is 17.7. The van der Waals surface area contributed by atoms with Crippen LogP contribution in [0.2, 0.25) is 0 Å². The molecule has 1 fully saturated rings. The van der Waals surface area contributed by atoms with Gasteiger partial charge in [0.05, 0.1) is 24.9 Å². The summed E-state index contributed by atoms with van der Waals surface area (Å²) in [7, 11) is 1.71. The number of imidazole rings is 1. The first kappa shape index (κ1) is 20.2. The third-order valence-corrected chi connectivity index (χ3v) is 5.39. The fourth-order valence-corrected chi connectivity index (χ4v) is 3.34.